The number of aliphatic carboxylic acids is 1. The maximum absolute atomic E-state index is 12.0. The molecule has 1 aliphatic rings. The predicted octanol–water partition coefficient (Wildman–Crippen LogP) is 1.57. The molecule has 102 valence electrons. The van der Waals surface area contributed by atoms with Crippen LogP contribution in [0.4, 0.5) is 5.69 Å². The molecule has 0 radical (unpaired) electrons. The van der Waals surface area contributed by atoms with Gasteiger partial charge in [-0.15, -0.1) is 0 Å². The van der Waals surface area contributed by atoms with Gasteiger partial charge in [-0.05, 0) is 24.5 Å². The number of carboxylic acid groups (broad SMARTS) is 1. The fraction of sp³-hybridized carbons (Fsp3) is 0.429. The highest BCUT2D eigenvalue weighted by atomic mass is 16.4. The molecule has 1 amide bonds. The van der Waals surface area contributed by atoms with E-state index in [0.29, 0.717) is 25.9 Å². The first-order valence-corrected chi connectivity index (χ1v) is 6.51. The van der Waals surface area contributed by atoms with E-state index in [2.05, 4.69) is 10.6 Å². The van der Waals surface area contributed by atoms with Crippen molar-refractivity contribution in [2.24, 2.45) is 0 Å². The van der Waals surface area contributed by atoms with Gasteiger partial charge in [0.05, 0.1) is 5.92 Å². The SMILES string of the molecule is O=C(O)CCCCNC(=O)C1CNc2ccccc21. The Kier molecular flexibility index (Phi) is 4.39. The van der Waals surface area contributed by atoms with Gasteiger partial charge in [-0.3, -0.25) is 9.59 Å². The Labute approximate surface area is 112 Å². The number of amides is 1. The number of anilines is 1. The molecule has 1 heterocycles. The molecule has 0 saturated carbocycles. The van der Waals surface area contributed by atoms with Crippen molar-refractivity contribution in [2.75, 3.05) is 18.4 Å². The second-order valence-corrected chi connectivity index (χ2v) is 4.66. The van der Waals surface area contributed by atoms with Gasteiger partial charge in [0.25, 0.3) is 0 Å². The van der Waals surface area contributed by atoms with Gasteiger partial charge < -0.3 is 15.7 Å². The molecule has 0 saturated heterocycles. The van der Waals surface area contributed by atoms with E-state index in [4.69, 9.17) is 5.11 Å². The zero-order valence-electron chi connectivity index (χ0n) is 10.7. The fourth-order valence-electron chi connectivity index (χ4n) is 2.25. The van der Waals surface area contributed by atoms with E-state index >= 15 is 0 Å². The Balaban J connectivity index is 1.77. The third kappa shape index (κ3) is 3.47. The summed E-state index contributed by atoms with van der Waals surface area (Å²) in [7, 11) is 0. The van der Waals surface area contributed by atoms with Gasteiger partial charge in [0.15, 0.2) is 0 Å². The van der Waals surface area contributed by atoms with Crippen LogP contribution in [0.1, 0.15) is 30.7 Å². The Morgan fingerprint density at radius 3 is 2.89 bits per heavy atom. The van der Waals surface area contributed by atoms with Crippen molar-refractivity contribution in [1.82, 2.24) is 5.32 Å². The van der Waals surface area contributed by atoms with Crippen molar-refractivity contribution in [3.8, 4) is 0 Å². The summed E-state index contributed by atoms with van der Waals surface area (Å²) < 4.78 is 0. The van der Waals surface area contributed by atoms with E-state index in [0.717, 1.165) is 11.3 Å². The van der Waals surface area contributed by atoms with Crippen LogP contribution in [0.25, 0.3) is 0 Å². The third-order valence-electron chi connectivity index (χ3n) is 3.27. The highest BCUT2D eigenvalue weighted by Crippen LogP contribution is 2.30. The van der Waals surface area contributed by atoms with Crippen molar-refractivity contribution >= 4 is 17.6 Å². The molecule has 0 aliphatic carbocycles. The molecule has 19 heavy (non-hydrogen) atoms. The normalized spacial score (nSPS) is 16.5. The van der Waals surface area contributed by atoms with Crippen molar-refractivity contribution in [3.05, 3.63) is 29.8 Å². The van der Waals surface area contributed by atoms with Crippen molar-refractivity contribution in [3.63, 3.8) is 0 Å². The van der Waals surface area contributed by atoms with E-state index < -0.39 is 5.97 Å². The van der Waals surface area contributed by atoms with E-state index in [1.807, 2.05) is 24.3 Å². The van der Waals surface area contributed by atoms with Crippen LogP contribution in [0.2, 0.25) is 0 Å². The van der Waals surface area contributed by atoms with E-state index in [1.54, 1.807) is 0 Å². The molecule has 2 rings (SSSR count). The molecule has 0 spiro atoms. The zero-order chi connectivity index (χ0) is 13.7. The maximum atomic E-state index is 12.0. The number of fused-ring (bicyclic) bond motifs is 1. The molecular formula is C14H18N2O3. The van der Waals surface area contributed by atoms with Crippen molar-refractivity contribution < 1.29 is 14.7 Å². The fourth-order valence-corrected chi connectivity index (χ4v) is 2.25. The smallest absolute Gasteiger partial charge is 0.303 e. The Morgan fingerprint density at radius 2 is 2.11 bits per heavy atom. The summed E-state index contributed by atoms with van der Waals surface area (Å²) in [5.74, 6) is -0.927. The number of hydrogen-bond acceptors (Lipinski definition) is 3. The molecule has 0 bridgehead atoms. The topological polar surface area (TPSA) is 78.4 Å². The molecule has 0 fully saturated rings. The van der Waals surface area contributed by atoms with Crippen LogP contribution >= 0.6 is 0 Å². The average molecular weight is 262 g/mol. The van der Waals surface area contributed by atoms with Crippen molar-refractivity contribution in [2.45, 2.75) is 25.2 Å². The summed E-state index contributed by atoms with van der Waals surface area (Å²) in [5, 5.41) is 14.6. The summed E-state index contributed by atoms with van der Waals surface area (Å²) in [4.78, 5) is 22.4. The molecule has 1 unspecified atom stereocenters. The Morgan fingerprint density at radius 1 is 1.32 bits per heavy atom. The van der Waals surface area contributed by atoms with Crippen LogP contribution in [-0.2, 0) is 9.59 Å². The monoisotopic (exact) mass is 262 g/mol. The third-order valence-corrected chi connectivity index (χ3v) is 3.27. The summed E-state index contributed by atoms with van der Waals surface area (Å²) in [6, 6.07) is 7.80. The van der Waals surface area contributed by atoms with Crippen LogP contribution < -0.4 is 10.6 Å². The van der Waals surface area contributed by atoms with Crippen LogP contribution in [0.15, 0.2) is 24.3 Å². The van der Waals surface area contributed by atoms with Gasteiger partial charge in [-0.25, -0.2) is 0 Å². The lowest BCUT2D eigenvalue weighted by Gasteiger charge is -2.10. The lowest BCUT2D eigenvalue weighted by molar-refractivity contribution is -0.137. The second-order valence-electron chi connectivity index (χ2n) is 4.66. The molecule has 1 aromatic carbocycles. The van der Waals surface area contributed by atoms with E-state index in [9.17, 15) is 9.59 Å². The second kappa shape index (κ2) is 6.22. The van der Waals surface area contributed by atoms with Gasteiger partial charge in [0, 0.05) is 25.2 Å². The predicted molar refractivity (Wildman–Crippen MR) is 72.2 cm³/mol. The number of nitrogens with one attached hydrogen (secondary N) is 2. The summed E-state index contributed by atoms with van der Waals surface area (Å²) in [6.07, 6.45) is 1.44. The minimum absolute atomic E-state index is 0.00720. The largest absolute Gasteiger partial charge is 0.481 e. The Bertz CT molecular complexity index is 474. The first kappa shape index (κ1) is 13.4. The van der Waals surface area contributed by atoms with Gasteiger partial charge in [0.2, 0.25) is 5.91 Å². The molecular weight excluding hydrogens is 244 g/mol. The van der Waals surface area contributed by atoms with E-state index in [-0.39, 0.29) is 18.2 Å². The number of carbonyl (C=O) groups excluding carboxylic acids is 1. The zero-order valence-corrected chi connectivity index (χ0v) is 10.7. The minimum Gasteiger partial charge on any atom is -0.481 e. The standard InChI is InChI=1S/C14H18N2O3/c17-13(18)7-3-4-8-15-14(19)11-9-16-12-6-2-1-5-10(11)12/h1-2,5-6,11,16H,3-4,7-9H2,(H,15,19)(H,17,18). The summed E-state index contributed by atoms with van der Waals surface area (Å²) in [6.45, 7) is 1.16. The molecule has 1 atom stereocenters. The number of hydrogen-bond donors (Lipinski definition) is 3. The number of para-hydroxylation sites is 1. The highest BCUT2D eigenvalue weighted by Gasteiger charge is 2.27. The Hall–Kier alpha value is -2.04. The first-order valence-electron chi connectivity index (χ1n) is 6.51. The number of carbonyl (C=O) groups is 2. The summed E-state index contributed by atoms with van der Waals surface area (Å²) >= 11 is 0. The van der Waals surface area contributed by atoms with Gasteiger partial charge in [-0.1, -0.05) is 18.2 Å². The quantitative estimate of drug-likeness (QED) is 0.680. The maximum Gasteiger partial charge on any atom is 0.303 e. The van der Waals surface area contributed by atoms with Crippen LogP contribution in [0.5, 0.6) is 0 Å². The molecule has 3 N–H and O–H groups in total. The number of unbranched alkanes of at least 4 members (excludes halogenated alkanes) is 1. The van der Waals surface area contributed by atoms with Gasteiger partial charge in [0.1, 0.15) is 0 Å². The number of carboxylic acids is 1. The highest BCUT2D eigenvalue weighted by molar-refractivity contribution is 5.88. The first-order chi connectivity index (χ1) is 9.18. The molecule has 5 heteroatoms. The minimum atomic E-state index is -0.791. The van der Waals surface area contributed by atoms with Crippen LogP contribution in [-0.4, -0.2) is 30.1 Å². The molecule has 5 nitrogen and oxygen atoms in total. The van der Waals surface area contributed by atoms with Crippen LogP contribution in [0, 0.1) is 0 Å². The van der Waals surface area contributed by atoms with Crippen molar-refractivity contribution in [1.29, 1.82) is 0 Å². The van der Waals surface area contributed by atoms with Crippen LogP contribution in [0.3, 0.4) is 0 Å². The lowest BCUT2D eigenvalue weighted by atomic mass is 10.0. The molecule has 1 aromatic rings. The number of benzene rings is 1. The lowest BCUT2D eigenvalue weighted by Crippen LogP contribution is -2.31. The molecule has 0 aromatic heterocycles. The van der Waals surface area contributed by atoms with E-state index in [1.165, 1.54) is 0 Å². The summed E-state index contributed by atoms with van der Waals surface area (Å²) in [5.41, 5.74) is 2.05. The molecule has 1 aliphatic heterocycles. The van der Waals surface area contributed by atoms with Gasteiger partial charge >= 0.3 is 5.97 Å². The van der Waals surface area contributed by atoms with Gasteiger partial charge in [-0.2, -0.15) is 0 Å². The number of rotatable bonds is 6. The average Bonchev–Trinajstić information content (AvgIpc) is 2.81.